The van der Waals surface area contributed by atoms with Crippen LogP contribution in [0.1, 0.15) is 39.0 Å². The van der Waals surface area contributed by atoms with Gasteiger partial charge in [0.2, 0.25) is 11.8 Å². The molecule has 0 bridgehead atoms. The molecule has 18 heavy (non-hydrogen) atoms. The van der Waals surface area contributed by atoms with Crippen molar-refractivity contribution in [3.05, 3.63) is 0 Å². The van der Waals surface area contributed by atoms with Crippen molar-refractivity contribution < 1.29 is 14.3 Å². The van der Waals surface area contributed by atoms with Crippen molar-refractivity contribution in [3.63, 3.8) is 0 Å². The number of primary amides is 1. The minimum atomic E-state index is -0.341. The van der Waals surface area contributed by atoms with Gasteiger partial charge in [-0.05, 0) is 32.6 Å². The zero-order valence-corrected chi connectivity index (χ0v) is 10.9. The molecule has 3 unspecified atom stereocenters. The molecular formula is C13H22N2O3. The van der Waals surface area contributed by atoms with Crippen molar-refractivity contribution in [2.75, 3.05) is 13.2 Å². The molecule has 0 spiro atoms. The summed E-state index contributed by atoms with van der Waals surface area (Å²) < 4.78 is 5.28. The molecule has 2 amide bonds. The normalized spacial score (nSPS) is 34.3. The quantitative estimate of drug-likeness (QED) is 0.537. The van der Waals surface area contributed by atoms with Crippen LogP contribution >= 0.6 is 0 Å². The third-order valence-corrected chi connectivity index (χ3v) is 4.04. The summed E-state index contributed by atoms with van der Waals surface area (Å²) in [5.74, 6) is -0.839. The zero-order valence-electron chi connectivity index (χ0n) is 10.9. The summed E-state index contributed by atoms with van der Waals surface area (Å²) in [4.78, 5) is 23.2. The predicted molar refractivity (Wildman–Crippen MR) is 66.6 cm³/mol. The zero-order chi connectivity index (χ0) is 13.2. The van der Waals surface area contributed by atoms with E-state index in [4.69, 9.17) is 10.5 Å². The van der Waals surface area contributed by atoms with Gasteiger partial charge >= 0.3 is 0 Å². The maximum atomic E-state index is 12.0. The van der Waals surface area contributed by atoms with Crippen molar-refractivity contribution >= 4 is 11.8 Å². The number of epoxide rings is 1. The van der Waals surface area contributed by atoms with Crippen molar-refractivity contribution in [2.24, 2.45) is 17.6 Å². The SMILES string of the molecule is CC1(CCCNC(=O)C2CCCC2C(N)=O)CO1. The van der Waals surface area contributed by atoms with Crippen LogP contribution < -0.4 is 11.1 Å². The molecule has 102 valence electrons. The van der Waals surface area contributed by atoms with Gasteiger partial charge in [0.15, 0.2) is 0 Å². The summed E-state index contributed by atoms with van der Waals surface area (Å²) in [6, 6.07) is 0. The molecule has 5 heteroatoms. The largest absolute Gasteiger partial charge is 0.370 e. The van der Waals surface area contributed by atoms with Gasteiger partial charge in [0.1, 0.15) is 0 Å². The smallest absolute Gasteiger partial charge is 0.223 e. The Labute approximate surface area is 107 Å². The molecule has 3 atom stereocenters. The Bertz CT molecular complexity index is 339. The van der Waals surface area contributed by atoms with Gasteiger partial charge in [-0.3, -0.25) is 9.59 Å². The first-order valence-corrected chi connectivity index (χ1v) is 6.73. The highest BCUT2D eigenvalue weighted by molar-refractivity contribution is 5.87. The first-order chi connectivity index (χ1) is 8.52. The predicted octanol–water partition coefficient (Wildman–Crippen LogP) is 0.573. The lowest BCUT2D eigenvalue weighted by molar-refractivity contribution is -0.132. The molecule has 1 aliphatic heterocycles. The van der Waals surface area contributed by atoms with Crippen molar-refractivity contribution in [3.8, 4) is 0 Å². The standard InChI is InChI=1S/C13H22N2O3/c1-13(8-18-13)6-3-7-15-12(17)10-5-2-4-9(10)11(14)16/h9-10H,2-8H2,1H3,(H2,14,16)(H,15,17). The fraction of sp³-hybridized carbons (Fsp3) is 0.846. The molecule has 5 nitrogen and oxygen atoms in total. The summed E-state index contributed by atoms with van der Waals surface area (Å²) in [6.45, 7) is 3.56. The average molecular weight is 254 g/mol. The van der Waals surface area contributed by atoms with Gasteiger partial charge in [-0.2, -0.15) is 0 Å². The van der Waals surface area contributed by atoms with Crippen LogP contribution in [0.25, 0.3) is 0 Å². The monoisotopic (exact) mass is 254 g/mol. The van der Waals surface area contributed by atoms with E-state index in [1.807, 2.05) is 0 Å². The average Bonchev–Trinajstić information content (AvgIpc) is 2.87. The van der Waals surface area contributed by atoms with E-state index in [0.717, 1.165) is 38.7 Å². The molecule has 0 aromatic carbocycles. The third-order valence-electron chi connectivity index (χ3n) is 4.04. The lowest BCUT2D eigenvalue weighted by Crippen LogP contribution is -2.38. The van der Waals surface area contributed by atoms with E-state index in [9.17, 15) is 9.59 Å². The van der Waals surface area contributed by atoms with Crippen LogP contribution in [-0.2, 0) is 14.3 Å². The Hall–Kier alpha value is -1.10. The van der Waals surface area contributed by atoms with Crippen LogP contribution in [0.4, 0.5) is 0 Å². The number of nitrogens with one attached hydrogen (secondary N) is 1. The lowest BCUT2D eigenvalue weighted by atomic mass is 9.94. The van der Waals surface area contributed by atoms with E-state index in [-0.39, 0.29) is 29.3 Å². The molecular weight excluding hydrogens is 232 g/mol. The van der Waals surface area contributed by atoms with Gasteiger partial charge in [-0.25, -0.2) is 0 Å². The highest BCUT2D eigenvalue weighted by Gasteiger charge is 2.39. The fourth-order valence-corrected chi connectivity index (χ4v) is 2.69. The van der Waals surface area contributed by atoms with Crippen molar-refractivity contribution in [1.29, 1.82) is 0 Å². The summed E-state index contributed by atoms with van der Waals surface area (Å²) in [7, 11) is 0. The van der Waals surface area contributed by atoms with E-state index in [1.165, 1.54) is 0 Å². The van der Waals surface area contributed by atoms with Crippen molar-refractivity contribution in [2.45, 2.75) is 44.6 Å². The van der Waals surface area contributed by atoms with Crippen LogP contribution in [0.5, 0.6) is 0 Å². The second kappa shape index (κ2) is 5.26. The highest BCUT2D eigenvalue weighted by Crippen LogP contribution is 2.32. The first-order valence-electron chi connectivity index (χ1n) is 6.73. The van der Waals surface area contributed by atoms with Crippen molar-refractivity contribution in [1.82, 2.24) is 5.32 Å². The Morgan fingerprint density at radius 3 is 2.67 bits per heavy atom. The number of nitrogens with two attached hydrogens (primary N) is 1. The molecule has 1 saturated heterocycles. The third kappa shape index (κ3) is 3.22. The number of carbonyl (C=O) groups is 2. The highest BCUT2D eigenvalue weighted by atomic mass is 16.6. The number of carbonyl (C=O) groups excluding carboxylic acids is 2. The summed E-state index contributed by atoms with van der Waals surface area (Å²) in [6.07, 6.45) is 4.32. The second-order valence-electron chi connectivity index (χ2n) is 5.68. The summed E-state index contributed by atoms with van der Waals surface area (Å²) >= 11 is 0. The van der Waals surface area contributed by atoms with Gasteiger partial charge in [0.05, 0.1) is 12.2 Å². The lowest BCUT2D eigenvalue weighted by Gasteiger charge is -2.16. The molecule has 0 aromatic heterocycles. The number of ether oxygens (including phenoxy) is 1. The number of hydrogen-bond acceptors (Lipinski definition) is 3. The molecule has 3 N–H and O–H groups in total. The van der Waals surface area contributed by atoms with Crippen LogP contribution in [0, 0.1) is 11.8 Å². The van der Waals surface area contributed by atoms with Crippen LogP contribution in [0.3, 0.4) is 0 Å². The van der Waals surface area contributed by atoms with E-state index >= 15 is 0 Å². The van der Waals surface area contributed by atoms with E-state index in [2.05, 4.69) is 12.2 Å². The molecule has 2 fully saturated rings. The Morgan fingerprint density at radius 2 is 2.06 bits per heavy atom. The number of hydrogen-bond donors (Lipinski definition) is 2. The van der Waals surface area contributed by atoms with Crippen LogP contribution in [-0.4, -0.2) is 30.6 Å². The van der Waals surface area contributed by atoms with Gasteiger partial charge in [0.25, 0.3) is 0 Å². The van der Waals surface area contributed by atoms with Crippen LogP contribution in [0.15, 0.2) is 0 Å². The van der Waals surface area contributed by atoms with Gasteiger partial charge in [0, 0.05) is 18.4 Å². The Balaban J connectivity index is 1.68. The number of amides is 2. The van der Waals surface area contributed by atoms with E-state index < -0.39 is 0 Å². The molecule has 1 heterocycles. The van der Waals surface area contributed by atoms with Gasteiger partial charge < -0.3 is 15.8 Å². The van der Waals surface area contributed by atoms with Gasteiger partial charge in [-0.15, -0.1) is 0 Å². The molecule has 1 aliphatic carbocycles. The maximum absolute atomic E-state index is 12.0. The number of rotatable bonds is 6. The fourth-order valence-electron chi connectivity index (χ4n) is 2.69. The minimum Gasteiger partial charge on any atom is -0.370 e. The molecule has 2 rings (SSSR count). The molecule has 1 saturated carbocycles. The van der Waals surface area contributed by atoms with E-state index in [1.54, 1.807) is 0 Å². The summed E-state index contributed by atoms with van der Waals surface area (Å²) in [5, 5.41) is 2.91. The summed E-state index contributed by atoms with van der Waals surface area (Å²) in [5.41, 5.74) is 5.36. The van der Waals surface area contributed by atoms with Crippen LogP contribution in [0.2, 0.25) is 0 Å². The molecule has 0 radical (unpaired) electrons. The van der Waals surface area contributed by atoms with E-state index in [0.29, 0.717) is 6.54 Å². The minimum absolute atomic E-state index is 0.0156. The molecule has 0 aromatic rings. The Kier molecular flexibility index (Phi) is 3.90. The maximum Gasteiger partial charge on any atom is 0.223 e. The topological polar surface area (TPSA) is 84.7 Å². The van der Waals surface area contributed by atoms with Gasteiger partial charge in [-0.1, -0.05) is 6.42 Å². The molecule has 2 aliphatic rings. The Morgan fingerprint density at radius 1 is 1.39 bits per heavy atom. The first kappa shape index (κ1) is 13.3. The second-order valence-corrected chi connectivity index (χ2v) is 5.68.